The largest absolute Gasteiger partial charge is 0.465 e. The van der Waals surface area contributed by atoms with Crippen LogP contribution in [0.5, 0.6) is 0 Å². The van der Waals surface area contributed by atoms with E-state index in [9.17, 15) is 13.2 Å². The smallest absolute Gasteiger partial charge is 0.407 e. The second-order valence-electron chi connectivity index (χ2n) is 8.40. The lowest BCUT2D eigenvalue weighted by Gasteiger charge is -2.21. The molecule has 11 nitrogen and oxygen atoms in total. The lowest BCUT2D eigenvalue weighted by Crippen LogP contribution is -2.38. The van der Waals surface area contributed by atoms with Crippen molar-refractivity contribution in [3.05, 3.63) is 42.5 Å². The molecule has 0 aliphatic carbocycles. The lowest BCUT2D eigenvalue weighted by atomic mass is 10.0. The molecule has 0 saturated heterocycles. The summed E-state index contributed by atoms with van der Waals surface area (Å²) in [5.74, 6) is -0.490. The zero-order valence-corrected chi connectivity index (χ0v) is 20.8. The van der Waals surface area contributed by atoms with Crippen LogP contribution in [0.25, 0.3) is 22.5 Å². The molecule has 0 radical (unpaired) electrons. The highest BCUT2D eigenvalue weighted by Crippen LogP contribution is 2.35. The zero-order chi connectivity index (χ0) is 25.9. The van der Waals surface area contributed by atoms with Gasteiger partial charge in [0, 0.05) is 49.2 Å². The number of carbonyl (C=O) groups is 1. The summed E-state index contributed by atoms with van der Waals surface area (Å²) < 4.78 is 42.5. The summed E-state index contributed by atoms with van der Waals surface area (Å²) in [5.41, 5.74) is 1.20. The van der Waals surface area contributed by atoms with E-state index in [4.69, 9.17) is 5.11 Å². The van der Waals surface area contributed by atoms with Crippen LogP contribution in [-0.2, 0) is 10.0 Å². The second kappa shape index (κ2) is 10.3. The van der Waals surface area contributed by atoms with E-state index in [2.05, 4.69) is 25.1 Å². The van der Waals surface area contributed by atoms with E-state index in [0.29, 0.717) is 11.3 Å². The summed E-state index contributed by atoms with van der Waals surface area (Å²) in [6, 6.07) is 5.68. The standard InChI is InChI=1S/C22H28FN7O4S/c1-13(2)30-12-16(17-9-10-24-21(26-17)25-11-14(3)29(4)22(31)32)20(27-30)15-7-6-8-18(19(15)23)28-35(5,33)34/h6-10,12-14,28H,11H2,1-5H3,(H,31,32)(H,24,25,26)/t14-/m0/s1. The first-order chi connectivity index (χ1) is 16.4. The average molecular weight is 506 g/mol. The van der Waals surface area contributed by atoms with Crippen LogP contribution < -0.4 is 10.0 Å². The van der Waals surface area contributed by atoms with E-state index in [1.54, 1.807) is 23.9 Å². The quantitative estimate of drug-likeness (QED) is 0.401. The van der Waals surface area contributed by atoms with Crippen molar-refractivity contribution in [2.24, 2.45) is 0 Å². The fourth-order valence-corrected chi connectivity index (χ4v) is 3.75. The van der Waals surface area contributed by atoms with Gasteiger partial charge in [0.05, 0.1) is 17.6 Å². The van der Waals surface area contributed by atoms with Gasteiger partial charge >= 0.3 is 6.09 Å². The number of aromatic nitrogens is 4. The van der Waals surface area contributed by atoms with E-state index < -0.39 is 21.9 Å². The minimum atomic E-state index is -3.68. The molecule has 13 heteroatoms. The Kier molecular flexibility index (Phi) is 7.58. The van der Waals surface area contributed by atoms with Gasteiger partial charge in [-0.15, -0.1) is 0 Å². The molecule has 0 saturated carbocycles. The van der Waals surface area contributed by atoms with Crippen molar-refractivity contribution >= 4 is 27.8 Å². The molecule has 2 aromatic heterocycles. The number of nitrogens with zero attached hydrogens (tertiary/aromatic N) is 5. The highest BCUT2D eigenvalue weighted by molar-refractivity contribution is 7.92. The van der Waals surface area contributed by atoms with Crippen LogP contribution in [0.3, 0.4) is 0 Å². The van der Waals surface area contributed by atoms with Gasteiger partial charge in [0.25, 0.3) is 0 Å². The topological polar surface area (TPSA) is 142 Å². The number of anilines is 2. The number of halogens is 1. The minimum absolute atomic E-state index is 0.0327. The van der Waals surface area contributed by atoms with Gasteiger partial charge in [-0.05, 0) is 39.0 Å². The SMILES string of the molecule is CC(C)n1cc(-c2ccnc(NC[C@H](C)N(C)C(=O)O)n2)c(-c2cccc(NS(C)(=O)=O)c2F)n1. The number of benzene rings is 1. The lowest BCUT2D eigenvalue weighted by molar-refractivity contribution is 0.144. The third-order valence-corrected chi connectivity index (χ3v) is 5.85. The van der Waals surface area contributed by atoms with E-state index in [1.165, 1.54) is 36.3 Å². The summed E-state index contributed by atoms with van der Waals surface area (Å²) >= 11 is 0. The van der Waals surface area contributed by atoms with Crippen LogP contribution >= 0.6 is 0 Å². The molecule has 35 heavy (non-hydrogen) atoms. The van der Waals surface area contributed by atoms with E-state index in [-0.39, 0.29) is 41.5 Å². The highest BCUT2D eigenvalue weighted by atomic mass is 32.2. The first-order valence-electron chi connectivity index (χ1n) is 10.8. The molecule has 0 aliphatic rings. The molecule has 2 heterocycles. The van der Waals surface area contributed by atoms with Crippen molar-refractivity contribution in [1.29, 1.82) is 0 Å². The molecule has 0 unspecified atom stereocenters. The number of rotatable bonds is 9. The van der Waals surface area contributed by atoms with Crippen molar-refractivity contribution in [1.82, 2.24) is 24.6 Å². The normalized spacial score (nSPS) is 12.4. The molecular weight excluding hydrogens is 477 g/mol. The van der Waals surface area contributed by atoms with Crippen LogP contribution in [0.4, 0.5) is 20.8 Å². The monoisotopic (exact) mass is 505 g/mol. The number of hydrogen-bond acceptors (Lipinski definition) is 7. The second-order valence-corrected chi connectivity index (χ2v) is 10.1. The first-order valence-corrected chi connectivity index (χ1v) is 12.7. The Morgan fingerprint density at radius 1 is 1.23 bits per heavy atom. The van der Waals surface area contributed by atoms with Crippen molar-refractivity contribution in [3.8, 4) is 22.5 Å². The number of likely N-dealkylation sites (N-methyl/N-ethyl adjacent to an activating group) is 1. The minimum Gasteiger partial charge on any atom is -0.465 e. The van der Waals surface area contributed by atoms with Crippen LogP contribution in [0.15, 0.2) is 36.7 Å². The van der Waals surface area contributed by atoms with Crippen molar-refractivity contribution < 1.29 is 22.7 Å². The predicted molar refractivity (Wildman–Crippen MR) is 131 cm³/mol. The van der Waals surface area contributed by atoms with Gasteiger partial charge in [-0.25, -0.2) is 27.6 Å². The number of amides is 1. The molecule has 188 valence electrons. The van der Waals surface area contributed by atoms with Gasteiger partial charge in [0.15, 0.2) is 5.82 Å². The Labute approximate surface area is 203 Å². The summed E-state index contributed by atoms with van der Waals surface area (Å²) in [6.45, 7) is 5.87. The van der Waals surface area contributed by atoms with Gasteiger partial charge in [-0.3, -0.25) is 9.40 Å². The first kappa shape index (κ1) is 25.9. The molecule has 3 rings (SSSR count). The Hall–Kier alpha value is -3.74. The molecule has 3 N–H and O–H groups in total. The molecule has 1 aromatic carbocycles. The molecule has 3 aromatic rings. The number of hydrogen-bond donors (Lipinski definition) is 3. The van der Waals surface area contributed by atoms with E-state index in [0.717, 1.165) is 6.26 Å². The van der Waals surface area contributed by atoms with Gasteiger partial charge in [0.1, 0.15) is 5.69 Å². The maximum atomic E-state index is 15.4. The van der Waals surface area contributed by atoms with Crippen molar-refractivity contribution in [2.45, 2.75) is 32.9 Å². The van der Waals surface area contributed by atoms with Crippen LogP contribution in [0.2, 0.25) is 0 Å². The molecule has 1 atom stereocenters. The number of sulfonamides is 1. The van der Waals surface area contributed by atoms with Gasteiger partial charge in [0.2, 0.25) is 16.0 Å². The van der Waals surface area contributed by atoms with E-state index in [1.807, 2.05) is 13.8 Å². The Balaban J connectivity index is 2.01. The predicted octanol–water partition coefficient (Wildman–Crippen LogP) is 3.51. The summed E-state index contributed by atoms with van der Waals surface area (Å²) in [5, 5.41) is 16.7. The number of nitrogens with one attached hydrogen (secondary N) is 2. The maximum Gasteiger partial charge on any atom is 0.407 e. The fourth-order valence-electron chi connectivity index (χ4n) is 3.19. The molecule has 0 aliphatic heterocycles. The van der Waals surface area contributed by atoms with Crippen molar-refractivity contribution in [2.75, 3.05) is 29.9 Å². The molecule has 0 spiro atoms. The van der Waals surface area contributed by atoms with Gasteiger partial charge < -0.3 is 15.3 Å². The van der Waals surface area contributed by atoms with Gasteiger partial charge in [-0.2, -0.15) is 5.10 Å². The average Bonchev–Trinajstić information content (AvgIpc) is 3.23. The van der Waals surface area contributed by atoms with Gasteiger partial charge in [-0.1, -0.05) is 6.07 Å². The van der Waals surface area contributed by atoms with E-state index >= 15 is 4.39 Å². The Bertz CT molecular complexity index is 1330. The molecular formula is C22H28FN7O4S. The molecule has 1 amide bonds. The Morgan fingerprint density at radius 3 is 2.57 bits per heavy atom. The molecule has 0 fully saturated rings. The Morgan fingerprint density at radius 2 is 1.94 bits per heavy atom. The number of carboxylic acid groups (broad SMARTS) is 1. The maximum absolute atomic E-state index is 15.4. The summed E-state index contributed by atoms with van der Waals surface area (Å²) in [6.07, 6.45) is 3.17. The third kappa shape index (κ3) is 6.23. The van der Waals surface area contributed by atoms with Crippen LogP contribution in [0, 0.1) is 5.82 Å². The summed E-state index contributed by atoms with van der Waals surface area (Å²) in [4.78, 5) is 21.0. The third-order valence-electron chi connectivity index (χ3n) is 5.26. The molecule has 0 bridgehead atoms. The summed E-state index contributed by atoms with van der Waals surface area (Å²) in [7, 11) is -2.21. The van der Waals surface area contributed by atoms with Crippen LogP contribution in [0.1, 0.15) is 26.8 Å². The fraction of sp³-hybridized carbons (Fsp3) is 0.364. The zero-order valence-electron chi connectivity index (χ0n) is 20.0. The van der Waals surface area contributed by atoms with Crippen LogP contribution in [-0.4, -0.2) is 70.2 Å². The van der Waals surface area contributed by atoms with Crippen molar-refractivity contribution in [3.63, 3.8) is 0 Å². The highest BCUT2D eigenvalue weighted by Gasteiger charge is 2.21.